The molecule has 0 bridgehead atoms. The quantitative estimate of drug-likeness (QED) is 0.339. The van der Waals surface area contributed by atoms with Gasteiger partial charge in [-0.05, 0) is 0 Å². The average molecular weight is 113 g/mol. The van der Waals surface area contributed by atoms with Gasteiger partial charge in [0.1, 0.15) is 6.10 Å². The molecular formula is C3H8Li3O3. The second-order valence-corrected chi connectivity index (χ2v) is 1.02. The van der Waals surface area contributed by atoms with E-state index in [0.717, 1.165) is 0 Å². The maximum atomic E-state index is 8.17. The number of aliphatic hydroxyl groups is 3. The Bertz CT molecular complexity index is 33.5. The summed E-state index contributed by atoms with van der Waals surface area (Å²) in [5, 5.41) is 24.0. The van der Waals surface area contributed by atoms with Crippen LogP contribution >= 0.6 is 0 Å². The third kappa shape index (κ3) is 17.7. The van der Waals surface area contributed by atoms with Gasteiger partial charge in [0.2, 0.25) is 0 Å². The van der Waals surface area contributed by atoms with Crippen molar-refractivity contribution >= 4 is 56.6 Å². The Balaban J connectivity index is -0.0000000417. The average Bonchev–Trinajstić information content (AvgIpc) is 1.65. The van der Waals surface area contributed by atoms with Crippen LogP contribution in [0.15, 0.2) is 0 Å². The summed E-state index contributed by atoms with van der Waals surface area (Å²) in [4.78, 5) is 0. The maximum absolute atomic E-state index is 8.17. The molecule has 0 aromatic carbocycles. The van der Waals surface area contributed by atoms with Gasteiger partial charge in [-0.2, -0.15) is 0 Å². The smallest absolute Gasteiger partial charge is 0.100 e. The van der Waals surface area contributed by atoms with Crippen LogP contribution in [0.3, 0.4) is 0 Å². The van der Waals surface area contributed by atoms with E-state index in [4.69, 9.17) is 15.3 Å². The molecule has 9 heavy (non-hydrogen) atoms. The van der Waals surface area contributed by atoms with Gasteiger partial charge in [0.25, 0.3) is 0 Å². The normalized spacial score (nSPS) is 6.67. The summed E-state index contributed by atoms with van der Waals surface area (Å²) in [6.45, 7) is -0.729. The van der Waals surface area contributed by atoms with Crippen LogP contribution in [0, 0.1) is 0 Å². The van der Waals surface area contributed by atoms with Crippen LogP contribution in [0.5, 0.6) is 0 Å². The van der Waals surface area contributed by atoms with E-state index in [1.807, 2.05) is 0 Å². The van der Waals surface area contributed by atoms with Crippen molar-refractivity contribution in [2.75, 3.05) is 13.2 Å². The van der Waals surface area contributed by atoms with Crippen molar-refractivity contribution in [1.29, 1.82) is 0 Å². The first kappa shape index (κ1) is 22.4. The third-order valence-electron chi connectivity index (χ3n) is 0.421. The SMILES string of the molecule is OCC(O)CO.[Li].[Li].[Li]. The van der Waals surface area contributed by atoms with Gasteiger partial charge in [-0.1, -0.05) is 0 Å². The van der Waals surface area contributed by atoms with Gasteiger partial charge < -0.3 is 15.3 Å². The summed E-state index contributed by atoms with van der Waals surface area (Å²) in [6.07, 6.45) is -0.954. The molecule has 0 rings (SSSR count). The summed E-state index contributed by atoms with van der Waals surface area (Å²) < 4.78 is 0. The van der Waals surface area contributed by atoms with Gasteiger partial charge in [0.15, 0.2) is 0 Å². The van der Waals surface area contributed by atoms with Crippen molar-refractivity contribution in [2.45, 2.75) is 6.10 Å². The molecule has 3 nitrogen and oxygen atoms in total. The molecule has 0 aromatic heterocycles. The fourth-order valence-electron chi connectivity index (χ4n) is 0.0577. The Hall–Kier alpha value is 1.67. The predicted molar refractivity (Wildman–Crippen MR) is 37.4 cm³/mol. The first-order valence-corrected chi connectivity index (χ1v) is 1.71. The molecule has 3 N–H and O–H groups in total. The summed E-state index contributed by atoms with van der Waals surface area (Å²) in [5.41, 5.74) is 0. The van der Waals surface area contributed by atoms with Crippen LogP contribution in [-0.2, 0) is 0 Å². The van der Waals surface area contributed by atoms with E-state index in [9.17, 15) is 0 Å². The largest absolute Gasteiger partial charge is 0.394 e. The molecule has 0 atom stereocenters. The van der Waals surface area contributed by atoms with E-state index >= 15 is 0 Å². The van der Waals surface area contributed by atoms with Gasteiger partial charge in [0.05, 0.1) is 13.2 Å². The minimum absolute atomic E-state index is 0. The van der Waals surface area contributed by atoms with Crippen molar-refractivity contribution in [3.8, 4) is 0 Å². The first-order chi connectivity index (χ1) is 2.81. The van der Waals surface area contributed by atoms with Gasteiger partial charge in [-0.25, -0.2) is 0 Å². The molecular weight excluding hydrogens is 105 g/mol. The second-order valence-electron chi connectivity index (χ2n) is 1.02. The van der Waals surface area contributed by atoms with Gasteiger partial charge in [-0.3, -0.25) is 0 Å². The Kier molecular flexibility index (Phi) is 40.7. The standard InChI is InChI=1S/C3H8O3.3Li/c4-1-3(6)2-5;;;/h3-6H,1-2H2;;;. The summed E-state index contributed by atoms with van der Waals surface area (Å²) >= 11 is 0. The van der Waals surface area contributed by atoms with Gasteiger partial charge >= 0.3 is 0 Å². The molecule has 0 spiro atoms. The van der Waals surface area contributed by atoms with Crippen LogP contribution in [0.25, 0.3) is 0 Å². The van der Waals surface area contributed by atoms with Crippen molar-refractivity contribution < 1.29 is 15.3 Å². The molecule has 0 aliphatic rings. The Morgan fingerprint density at radius 3 is 1.11 bits per heavy atom. The zero-order valence-electron chi connectivity index (χ0n) is 6.33. The molecule has 6 heteroatoms. The maximum Gasteiger partial charge on any atom is 0.100 e. The van der Waals surface area contributed by atoms with Crippen molar-refractivity contribution in [3.63, 3.8) is 0 Å². The molecule has 0 aliphatic carbocycles. The summed E-state index contributed by atoms with van der Waals surface area (Å²) in [6, 6.07) is 0. The Morgan fingerprint density at radius 2 is 1.11 bits per heavy atom. The van der Waals surface area contributed by atoms with E-state index in [1.54, 1.807) is 0 Å². The molecule has 0 aliphatic heterocycles. The molecule has 0 heterocycles. The van der Waals surface area contributed by atoms with E-state index in [0.29, 0.717) is 0 Å². The first-order valence-electron chi connectivity index (χ1n) is 1.71. The van der Waals surface area contributed by atoms with Gasteiger partial charge in [0, 0.05) is 56.6 Å². The predicted octanol–water partition coefficient (Wildman–Crippen LogP) is -2.81. The van der Waals surface area contributed by atoms with Crippen molar-refractivity contribution in [1.82, 2.24) is 0 Å². The fourth-order valence-corrected chi connectivity index (χ4v) is 0.0577. The number of aliphatic hydroxyl groups excluding tert-OH is 3. The van der Waals surface area contributed by atoms with Gasteiger partial charge in [-0.15, -0.1) is 0 Å². The second kappa shape index (κ2) is 16.3. The van der Waals surface area contributed by atoms with Crippen LogP contribution < -0.4 is 0 Å². The van der Waals surface area contributed by atoms with Crippen LogP contribution in [0.1, 0.15) is 0 Å². The minimum Gasteiger partial charge on any atom is -0.394 e. The minimum atomic E-state index is -0.954. The zero-order valence-corrected chi connectivity index (χ0v) is 6.33. The van der Waals surface area contributed by atoms with E-state index < -0.39 is 6.10 Å². The Morgan fingerprint density at radius 1 is 0.889 bits per heavy atom. The van der Waals surface area contributed by atoms with Crippen LogP contribution in [0.2, 0.25) is 0 Å². The van der Waals surface area contributed by atoms with Crippen molar-refractivity contribution in [2.24, 2.45) is 0 Å². The molecule has 3 radical (unpaired) electrons. The third-order valence-corrected chi connectivity index (χ3v) is 0.421. The molecule has 0 amide bonds. The topological polar surface area (TPSA) is 60.7 Å². The molecule has 41 valence electrons. The van der Waals surface area contributed by atoms with E-state index in [1.165, 1.54) is 0 Å². The van der Waals surface area contributed by atoms with Crippen LogP contribution in [0.4, 0.5) is 0 Å². The zero-order chi connectivity index (χ0) is 4.99. The van der Waals surface area contributed by atoms with Crippen molar-refractivity contribution in [3.05, 3.63) is 0 Å². The molecule has 0 unspecified atom stereocenters. The van der Waals surface area contributed by atoms with E-state index in [2.05, 4.69) is 0 Å². The molecule has 0 saturated carbocycles. The Labute approximate surface area is 90.7 Å². The monoisotopic (exact) mass is 113 g/mol. The number of hydrogen-bond donors (Lipinski definition) is 3. The molecule has 0 fully saturated rings. The van der Waals surface area contributed by atoms with E-state index in [-0.39, 0.29) is 69.8 Å². The van der Waals surface area contributed by atoms with Crippen LogP contribution in [-0.4, -0.2) is 91.2 Å². The molecule has 0 saturated heterocycles. The number of rotatable bonds is 2. The fraction of sp³-hybridized carbons (Fsp3) is 1.00. The summed E-state index contributed by atoms with van der Waals surface area (Å²) in [5.74, 6) is 0. The number of hydrogen-bond acceptors (Lipinski definition) is 3. The summed E-state index contributed by atoms with van der Waals surface area (Å²) in [7, 11) is 0. The molecule has 0 aromatic rings.